The number of hydrogen-bond acceptors (Lipinski definition) is 5. The van der Waals surface area contributed by atoms with Crippen LogP contribution < -0.4 is 0 Å². The Labute approximate surface area is 203 Å². The van der Waals surface area contributed by atoms with Crippen molar-refractivity contribution < 1.29 is 13.7 Å². The summed E-state index contributed by atoms with van der Waals surface area (Å²) < 4.78 is 19.9. The van der Waals surface area contributed by atoms with Crippen molar-refractivity contribution in [1.82, 2.24) is 24.7 Å². The Hall–Kier alpha value is -2.71. The summed E-state index contributed by atoms with van der Waals surface area (Å²) in [6, 6.07) is 8.54. The summed E-state index contributed by atoms with van der Waals surface area (Å²) in [5.74, 6) is 0.358. The number of carbonyl (C=O) groups is 1. The summed E-state index contributed by atoms with van der Waals surface area (Å²) in [5.41, 5.74) is 2.79. The maximum Gasteiger partial charge on any atom is 0.259 e. The minimum atomic E-state index is -0.196. The number of halogens is 2. The zero-order chi connectivity index (χ0) is 23.9. The molecule has 0 radical (unpaired) electrons. The molecule has 0 aliphatic carbocycles. The van der Waals surface area contributed by atoms with Gasteiger partial charge in [-0.3, -0.25) is 14.4 Å². The van der Waals surface area contributed by atoms with Gasteiger partial charge in [0.15, 0.2) is 0 Å². The van der Waals surface area contributed by atoms with E-state index >= 15 is 0 Å². The van der Waals surface area contributed by atoms with Crippen LogP contribution in [-0.4, -0.2) is 56.8 Å². The van der Waals surface area contributed by atoms with E-state index in [0.29, 0.717) is 41.0 Å². The smallest absolute Gasteiger partial charge is 0.259 e. The van der Waals surface area contributed by atoms with Crippen molar-refractivity contribution >= 4 is 17.5 Å². The van der Waals surface area contributed by atoms with Gasteiger partial charge in [-0.05, 0) is 68.8 Å². The highest BCUT2D eigenvalue weighted by Gasteiger charge is 2.39. The van der Waals surface area contributed by atoms with Crippen LogP contribution in [0, 0.1) is 18.2 Å². The Morgan fingerprint density at radius 2 is 1.76 bits per heavy atom. The number of carbonyl (C=O) groups excluding carboxylic acids is 1. The van der Waals surface area contributed by atoms with Crippen LogP contribution in [0.1, 0.15) is 47.4 Å². The standard InChI is InChI=1S/C25H29ClFN5O2/c1-17-15-20(29-34-17)22-21(23(26)30(2)28-22)24(33)32-13-9-25(10-14-32)7-11-31(12-8-25)16-18-3-5-19(27)6-4-18/h3-6,15H,7-14,16H2,1-2H3. The fourth-order valence-corrected chi connectivity index (χ4v) is 5.43. The number of rotatable bonds is 4. The van der Waals surface area contributed by atoms with Gasteiger partial charge in [0, 0.05) is 32.7 Å². The van der Waals surface area contributed by atoms with Crippen molar-refractivity contribution in [3.63, 3.8) is 0 Å². The van der Waals surface area contributed by atoms with Gasteiger partial charge in [0.25, 0.3) is 5.91 Å². The average molecular weight is 486 g/mol. The molecule has 2 aliphatic heterocycles. The lowest BCUT2D eigenvalue weighted by Crippen LogP contribution is -2.48. The Bertz CT molecular complexity index is 1170. The first-order valence-corrected chi connectivity index (χ1v) is 12.1. The third-order valence-electron chi connectivity index (χ3n) is 7.41. The van der Waals surface area contributed by atoms with E-state index in [0.717, 1.165) is 50.9 Å². The monoisotopic (exact) mass is 485 g/mol. The highest BCUT2D eigenvalue weighted by molar-refractivity contribution is 6.33. The zero-order valence-corrected chi connectivity index (χ0v) is 20.3. The minimum Gasteiger partial charge on any atom is -0.361 e. The molecule has 9 heteroatoms. The molecule has 3 aromatic rings. The summed E-state index contributed by atoms with van der Waals surface area (Å²) in [4.78, 5) is 17.8. The van der Waals surface area contributed by atoms with Crippen LogP contribution in [0.3, 0.4) is 0 Å². The second-order valence-corrected chi connectivity index (χ2v) is 10.0. The molecule has 34 heavy (non-hydrogen) atoms. The van der Waals surface area contributed by atoms with Crippen LogP contribution in [-0.2, 0) is 13.6 Å². The summed E-state index contributed by atoms with van der Waals surface area (Å²) in [5, 5.41) is 8.78. The van der Waals surface area contributed by atoms with Crippen molar-refractivity contribution in [3.8, 4) is 11.4 Å². The molecule has 2 aliphatic rings. The molecule has 2 aromatic heterocycles. The Morgan fingerprint density at radius 1 is 1.12 bits per heavy atom. The number of nitrogens with zero attached hydrogens (tertiary/aromatic N) is 5. The Balaban J connectivity index is 1.21. The summed E-state index contributed by atoms with van der Waals surface area (Å²) in [6.07, 6.45) is 4.21. The van der Waals surface area contributed by atoms with E-state index in [9.17, 15) is 9.18 Å². The van der Waals surface area contributed by atoms with E-state index in [-0.39, 0.29) is 17.1 Å². The highest BCUT2D eigenvalue weighted by atomic mass is 35.5. The third kappa shape index (κ3) is 4.49. The number of hydrogen-bond donors (Lipinski definition) is 0. The van der Waals surface area contributed by atoms with Crippen molar-refractivity contribution in [2.24, 2.45) is 12.5 Å². The van der Waals surface area contributed by atoms with Gasteiger partial charge in [-0.15, -0.1) is 0 Å². The molecule has 0 saturated carbocycles. The molecular formula is C25H29ClFN5O2. The van der Waals surface area contributed by atoms with E-state index < -0.39 is 0 Å². The predicted octanol–water partition coefficient (Wildman–Crippen LogP) is 4.69. The maximum absolute atomic E-state index is 13.5. The molecule has 5 rings (SSSR count). The summed E-state index contributed by atoms with van der Waals surface area (Å²) in [6.45, 7) is 6.12. The van der Waals surface area contributed by atoms with E-state index in [1.165, 1.54) is 16.8 Å². The fraction of sp³-hybridized carbons (Fsp3) is 0.480. The van der Waals surface area contributed by atoms with Crippen molar-refractivity contribution in [1.29, 1.82) is 0 Å². The maximum atomic E-state index is 13.5. The van der Waals surface area contributed by atoms with Crippen LogP contribution in [0.4, 0.5) is 4.39 Å². The Kier molecular flexibility index (Phi) is 6.20. The van der Waals surface area contributed by atoms with Crippen LogP contribution in [0.25, 0.3) is 11.4 Å². The molecule has 0 bridgehead atoms. The summed E-state index contributed by atoms with van der Waals surface area (Å²) in [7, 11) is 1.72. The first-order chi connectivity index (χ1) is 16.3. The van der Waals surface area contributed by atoms with Gasteiger partial charge in [-0.1, -0.05) is 28.9 Å². The van der Waals surface area contributed by atoms with Crippen LogP contribution in [0.5, 0.6) is 0 Å². The lowest BCUT2D eigenvalue weighted by molar-refractivity contribution is 0.0285. The first-order valence-electron chi connectivity index (χ1n) is 11.8. The molecule has 7 nitrogen and oxygen atoms in total. The molecule has 2 fully saturated rings. The normalized spacial score (nSPS) is 18.5. The number of piperidine rings is 2. The minimum absolute atomic E-state index is 0.0997. The second-order valence-electron chi connectivity index (χ2n) is 9.66. The molecular weight excluding hydrogens is 457 g/mol. The molecule has 0 atom stereocenters. The van der Waals surface area contributed by atoms with Crippen LogP contribution in [0.2, 0.25) is 5.15 Å². The van der Waals surface area contributed by atoms with Gasteiger partial charge in [-0.25, -0.2) is 4.39 Å². The molecule has 4 heterocycles. The molecule has 1 spiro atoms. The van der Waals surface area contributed by atoms with E-state index in [1.807, 2.05) is 17.0 Å². The van der Waals surface area contributed by atoms with Gasteiger partial charge in [0.05, 0.1) is 0 Å². The summed E-state index contributed by atoms with van der Waals surface area (Å²) >= 11 is 6.49. The van der Waals surface area contributed by atoms with Crippen molar-refractivity contribution in [3.05, 3.63) is 58.2 Å². The van der Waals surface area contributed by atoms with Crippen molar-refractivity contribution in [2.75, 3.05) is 26.2 Å². The Morgan fingerprint density at radius 3 is 2.38 bits per heavy atom. The van der Waals surface area contributed by atoms with Crippen LogP contribution in [0.15, 0.2) is 34.9 Å². The molecule has 1 amide bonds. The van der Waals surface area contributed by atoms with Gasteiger partial charge >= 0.3 is 0 Å². The quantitative estimate of drug-likeness (QED) is 0.536. The lowest BCUT2D eigenvalue weighted by Gasteiger charge is -2.47. The van der Waals surface area contributed by atoms with Crippen LogP contribution >= 0.6 is 11.6 Å². The van der Waals surface area contributed by atoms with E-state index in [2.05, 4.69) is 15.2 Å². The van der Waals surface area contributed by atoms with Gasteiger partial charge in [0.2, 0.25) is 0 Å². The van der Waals surface area contributed by atoms with Gasteiger partial charge < -0.3 is 9.42 Å². The highest BCUT2D eigenvalue weighted by Crippen LogP contribution is 2.42. The topological polar surface area (TPSA) is 67.4 Å². The SMILES string of the molecule is Cc1cc(-c2nn(C)c(Cl)c2C(=O)N2CCC3(CCN(Cc4ccc(F)cc4)CC3)CC2)no1. The van der Waals surface area contributed by atoms with Gasteiger partial charge in [0.1, 0.15) is 33.7 Å². The number of aryl methyl sites for hydroxylation is 2. The number of benzene rings is 1. The molecule has 0 N–H and O–H groups in total. The molecule has 1 aromatic carbocycles. The first kappa shape index (κ1) is 23.1. The molecule has 0 unspecified atom stereocenters. The largest absolute Gasteiger partial charge is 0.361 e. The third-order valence-corrected chi connectivity index (χ3v) is 7.84. The lowest BCUT2D eigenvalue weighted by atomic mass is 9.71. The number of amides is 1. The average Bonchev–Trinajstić information content (AvgIpc) is 3.40. The predicted molar refractivity (Wildman–Crippen MR) is 127 cm³/mol. The number of aromatic nitrogens is 3. The van der Waals surface area contributed by atoms with Crippen molar-refractivity contribution in [2.45, 2.75) is 39.2 Å². The zero-order valence-electron chi connectivity index (χ0n) is 19.6. The van der Waals surface area contributed by atoms with E-state index in [1.54, 1.807) is 20.0 Å². The fourth-order valence-electron chi connectivity index (χ4n) is 5.23. The van der Waals surface area contributed by atoms with E-state index in [4.69, 9.17) is 16.1 Å². The molecule has 2 saturated heterocycles. The second kappa shape index (κ2) is 9.15. The number of likely N-dealkylation sites (tertiary alicyclic amines) is 2. The van der Waals surface area contributed by atoms with Gasteiger partial charge in [-0.2, -0.15) is 5.10 Å². The molecule has 180 valence electrons.